The van der Waals surface area contributed by atoms with Gasteiger partial charge in [0.2, 0.25) is 0 Å². The van der Waals surface area contributed by atoms with Gasteiger partial charge in [0.1, 0.15) is 0 Å². The van der Waals surface area contributed by atoms with Gasteiger partial charge in [0, 0.05) is 11.8 Å². The normalized spacial score (nSPS) is 35.9. The van der Waals surface area contributed by atoms with Gasteiger partial charge in [0.05, 0.1) is 0 Å². The Morgan fingerprint density at radius 3 is 1.96 bits per heavy atom. The minimum Gasteiger partial charge on any atom is -0.0993 e. The van der Waals surface area contributed by atoms with Crippen LogP contribution in [0.4, 0.5) is 0 Å². The standard InChI is InChI=1S/C28H46/c1-3-5-6-8-24-15-19-27(20-16-24)28-21-17-26(18-22-28)14-13-25-11-9-23(7-4-2)10-12-25/h9,11,23-28H,3-8,10,12,15-22H2,1-2H3. The lowest BCUT2D eigenvalue weighted by Crippen LogP contribution is -2.25. The molecule has 3 aliphatic carbocycles. The molecule has 158 valence electrons. The molecule has 2 fully saturated rings. The zero-order chi connectivity index (χ0) is 19.6. The third-order valence-corrected chi connectivity index (χ3v) is 8.14. The van der Waals surface area contributed by atoms with Crippen LogP contribution in [-0.4, -0.2) is 0 Å². The van der Waals surface area contributed by atoms with Crippen LogP contribution < -0.4 is 0 Å². The van der Waals surface area contributed by atoms with Gasteiger partial charge in [0.25, 0.3) is 0 Å². The van der Waals surface area contributed by atoms with Gasteiger partial charge < -0.3 is 0 Å². The largest absolute Gasteiger partial charge is 0.0993 e. The smallest absolute Gasteiger partial charge is 0.0383 e. The predicted octanol–water partition coefficient (Wildman–Crippen LogP) is 8.57. The molecule has 3 aliphatic rings. The second kappa shape index (κ2) is 12.1. The molecule has 0 heterocycles. The molecule has 0 spiro atoms. The molecule has 3 rings (SSSR count). The Morgan fingerprint density at radius 1 is 0.643 bits per heavy atom. The Kier molecular flexibility index (Phi) is 9.51. The minimum absolute atomic E-state index is 0.550. The average molecular weight is 383 g/mol. The summed E-state index contributed by atoms with van der Waals surface area (Å²) >= 11 is 0. The Balaban J connectivity index is 1.34. The highest BCUT2D eigenvalue weighted by Crippen LogP contribution is 2.42. The van der Waals surface area contributed by atoms with Crippen molar-refractivity contribution in [3.8, 4) is 11.8 Å². The fourth-order valence-corrected chi connectivity index (χ4v) is 6.20. The van der Waals surface area contributed by atoms with Crippen LogP contribution in [0.5, 0.6) is 0 Å². The topological polar surface area (TPSA) is 0 Å². The molecule has 2 unspecified atom stereocenters. The number of hydrogen-bond acceptors (Lipinski definition) is 0. The Hall–Kier alpha value is -0.700. The van der Waals surface area contributed by atoms with Gasteiger partial charge in [-0.1, -0.05) is 82.8 Å². The van der Waals surface area contributed by atoms with Crippen molar-refractivity contribution in [2.24, 2.45) is 35.5 Å². The summed E-state index contributed by atoms with van der Waals surface area (Å²) in [5, 5.41) is 0. The van der Waals surface area contributed by atoms with Crippen molar-refractivity contribution in [3.05, 3.63) is 12.2 Å². The van der Waals surface area contributed by atoms with Gasteiger partial charge in [-0.3, -0.25) is 0 Å². The van der Waals surface area contributed by atoms with E-state index in [0.717, 1.165) is 23.7 Å². The van der Waals surface area contributed by atoms with Crippen LogP contribution in [0, 0.1) is 47.3 Å². The van der Waals surface area contributed by atoms with Gasteiger partial charge in [-0.25, -0.2) is 0 Å². The monoisotopic (exact) mass is 382 g/mol. The molecule has 0 N–H and O–H groups in total. The van der Waals surface area contributed by atoms with Crippen LogP contribution in [0.1, 0.15) is 117 Å². The summed E-state index contributed by atoms with van der Waals surface area (Å²) in [6.07, 6.45) is 27.8. The van der Waals surface area contributed by atoms with Crippen molar-refractivity contribution in [1.29, 1.82) is 0 Å². The molecule has 0 amide bonds. The van der Waals surface area contributed by atoms with E-state index in [-0.39, 0.29) is 0 Å². The van der Waals surface area contributed by atoms with Gasteiger partial charge in [-0.2, -0.15) is 0 Å². The number of unbranched alkanes of at least 4 members (excludes halogenated alkanes) is 2. The summed E-state index contributed by atoms with van der Waals surface area (Å²) in [6.45, 7) is 4.63. The lowest BCUT2D eigenvalue weighted by molar-refractivity contribution is 0.153. The lowest BCUT2D eigenvalue weighted by Gasteiger charge is -2.37. The first-order valence-electron chi connectivity index (χ1n) is 13.0. The summed E-state index contributed by atoms with van der Waals surface area (Å²) in [6, 6.07) is 0. The van der Waals surface area contributed by atoms with Gasteiger partial charge in [-0.05, 0) is 81.5 Å². The Morgan fingerprint density at radius 2 is 1.36 bits per heavy atom. The number of rotatable bonds is 7. The molecule has 0 radical (unpaired) electrons. The zero-order valence-electron chi connectivity index (χ0n) is 18.9. The Labute approximate surface area is 176 Å². The van der Waals surface area contributed by atoms with Crippen LogP contribution >= 0.6 is 0 Å². The summed E-state index contributed by atoms with van der Waals surface area (Å²) in [5.74, 6) is 12.6. The molecular weight excluding hydrogens is 336 g/mol. The second-order valence-electron chi connectivity index (χ2n) is 10.3. The van der Waals surface area contributed by atoms with E-state index in [1.807, 2.05) is 0 Å². The highest BCUT2D eigenvalue weighted by molar-refractivity contribution is 5.16. The van der Waals surface area contributed by atoms with Crippen molar-refractivity contribution in [2.75, 3.05) is 0 Å². The predicted molar refractivity (Wildman–Crippen MR) is 123 cm³/mol. The van der Waals surface area contributed by atoms with E-state index in [0.29, 0.717) is 11.8 Å². The third kappa shape index (κ3) is 6.97. The quantitative estimate of drug-likeness (QED) is 0.235. The molecule has 0 aliphatic heterocycles. The van der Waals surface area contributed by atoms with Crippen molar-refractivity contribution in [3.63, 3.8) is 0 Å². The molecule has 0 aromatic rings. The highest BCUT2D eigenvalue weighted by Gasteiger charge is 2.30. The fraction of sp³-hybridized carbons (Fsp3) is 0.857. The molecule has 0 heteroatoms. The molecular formula is C28H46. The molecule has 0 saturated heterocycles. The first-order valence-corrected chi connectivity index (χ1v) is 13.0. The van der Waals surface area contributed by atoms with Crippen LogP contribution in [0.15, 0.2) is 12.2 Å². The van der Waals surface area contributed by atoms with E-state index in [1.165, 1.54) is 103 Å². The maximum atomic E-state index is 3.70. The molecule has 0 aromatic heterocycles. The molecule has 0 aromatic carbocycles. The van der Waals surface area contributed by atoms with E-state index in [9.17, 15) is 0 Å². The maximum Gasteiger partial charge on any atom is 0.0383 e. The van der Waals surface area contributed by atoms with E-state index in [4.69, 9.17) is 0 Å². The fourth-order valence-electron chi connectivity index (χ4n) is 6.20. The maximum absolute atomic E-state index is 3.70. The Bertz CT molecular complexity index is 502. The van der Waals surface area contributed by atoms with Crippen molar-refractivity contribution in [2.45, 2.75) is 117 Å². The van der Waals surface area contributed by atoms with E-state index in [1.54, 1.807) is 0 Å². The lowest BCUT2D eigenvalue weighted by atomic mass is 9.68. The third-order valence-electron chi connectivity index (χ3n) is 8.14. The van der Waals surface area contributed by atoms with Crippen molar-refractivity contribution < 1.29 is 0 Å². The van der Waals surface area contributed by atoms with E-state index >= 15 is 0 Å². The second-order valence-corrected chi connectivity index (χ2v) is 10.3. The van der Waals surface area contributed by atoms with E-state index < -0.39 is 0 Å². The molecule has 0 nitrogen and oxygen atoms in total. The van der Waals surface area contributed by atoms with Crippen LogP contribution in [-0.2, 0) is 0 Å². The van der Waals surface area contributed by atoms with Crippen molar-refractivity contribution >= 4 is 0 Å². The van der Waals surface area contributed by atoms with Gasteiger partial charge in [-0.15, -0.1) is 0 Å². The number of hydrogen-bond donors (Lipinski definition) is 0. The zero-order valence-corrected chi connectivity index (χ0v) is 18.9. The summed E-state index contributed by atoms with van der Waals surface area (Å²) < 4.78 is 0. The van der Waals surface area contributed by atoms with Crippen LogP contribution in [0.25, 0.3) is 0 Å². The van der Waals surface area contributed by atoms with Gasteiger partial charge in [0.15, 0.2) is 0 Å². The minimum atomic E-state index is 0.550. The van der Waals surface area contributed by atoms with Gasteiger partial charge >= 0.3 is 0 Å². The van der Waals surface area contributed by atoms with E-state index in [2.05, 4.69) is 37.8 Å². The average Bonchev–Trinajstić information content (AvgIpc) is 2.75. The molecule has 2 atom stereocenters. The highest BCUT2D eigenvalue weighted by atomic mass is 14.4. The van der Waals surface area contributed by atoms with Crippen LogP contribution in [0.2, 0.25) is 0 Å². The van der Waals surface area contributed by atoms with Crippen molar-refractivity contribution in [1.82, 2.24) is 0 Å². The number of allylic oxidation sites excluding steroid dienone is 2. The first-order chi connectivity index (χ1) is 13.8. The summed E-state index contributed by atoms with van der Waals surface area (Å²) in [4.78, 5) is 0. The molecule has 28 heavy (non-hydrogen) atoms. The summed E-state index contributed by atoms with van der Waals surface area (Å²) in [5.41, 5.74) is 0. The first kappa shape index (κ1) is 22.0. The van der Waals surface area contributed by atoms with Crippen LogP contribution in [0.3, 0.4) is 0 Å². The molecule has 2 saturated carbocycles. The molecule has 0 bridgehead atoms. The SMILES string of the molecule is CCCCCC1CCC(C2CCC(C#CC3C=CC(CCC)CC3)CC2)CC1. The summed E-state index contributed by atoms with van der Waals surface area (Å²) in [7, 11) is 0.